The highest BCUT2D eigenvalue weighted by molar-refractivity contribution is 9.11. The van der Waals surface area contributed by atoms with Gasteiger partial charge in [0.25, 0.3) is 5.56 Å². The monoisotopic (exact) mass is 394 g/mol. The van der Waals surface area contributed by atoms with Gasteiger partial charge in [-0.1, -0.05) is 6.07 Å². The van der Waals surface area contributed by atoms with Crippen LogP contribution in [0.25, 0.3) is 22.3 Å². The summed E-state index contributed by atoms with van der Waals surface area (Å²) < 4.78 is 1.31. The van der Waals surface area contributed by atoms with E-state index in [0.29, 0.717) is 26.8 Å². The summed E-state index contributed by atoms with van der Waals surface area (Å²) in [5, 5.41) is 10.0. The second kappa shape index (κ2) is 5.03. The lowest BCUT2D eigenvalue weighted by molar-refractivity contribution is 0.472. The zero-order valence-electron chi connectivity index (χ0n) is 10.0. The molecule has 0 aliphatic rings. The summed E-state index contributed by atoms with van der Waals surface area (Å²) in [5.74, 6) is 0.591. The van der Waals surface area contributed by atoms with Gasteiger partial charge in [-0.3, -0.25) is 4.79 Å². The van der Waals surface area contributed by atoms with E-state index in [1.54, 1.807) is 30.3 Å². The number of phenolic OH excluding ortho intramolecular Hbond substituents is 1. The second-order valence-electron chi connectivity index (χ2n) is 4.22. The molecule has 0 spiro atoms. The van der Waals surface area contributed by atoms with Gasteiger partial charge in [0, 0.05) is 10.0 Å². The summed E-state index contributed by atoms with van der Waals surface area (Å²) >= 11 is 6.65. The zero-order chi connectivity index (χ0) is 14.3. The molecule has 1 aromatic heterocycles. The molecule has 0 unspecified atom stereocenters. The Morgan fingerprint density at radius 3 is 2.65 bits per heavy atom. The van der Waals surface area contributed by atoms with Crippen LogP contribution < -0.4 is 5.56 Å². The number of benzene rings is 2. The Hall–Kier alpha value is -1.66. The van der Waals surface area contributed by atoms with Crippen molar-refractivity contribution in [3.8, 4) is 17.1 Å². The molecule has 3 aromatic rings. The summed E-state index contributed by atoms with van der Waals surface area (Å²) in [5.41, 5.74) is 1.12. The average molecular weight is 396 g/mol. The summed E-state index contributed by atoms with van der Waals surface area (Å²) in [6.07, 6.45) is 0. The highest BCUT2D eigenvalue weighted by Gasteiger charge is 2.09. The van der Waals surface area contributed by atoms with Gasteiger partial charge >= 0.3 is 0 Å². The maximum atomic E-state index is 12.1. The molecule has 1 heterocycles. The third kappa shape index (κ3) is 2.25. The number of para-hydroxylation sites is 1. The summed E-state index contributed by atoms with van der Waals surface area (Å²) in [7, 11) is 0. The van der Waals surface area contributed by atoms with Crippen LogP contribution in [0.15, 0.2) is 50.1 Å². The van der Waals surface area contributed by atoms with Crippen LogP contribution in [-0.2, 0) is 0 Å². The lowest BCUT2D eigenvalue weighted by Crippen LogP contribution is -2.09. The number of hydrogen-bond donors (Lipinski definition) is 2. The van der Waals surface area contributed by atoms with Crippen molar-refractivity contribution >= 4 is 42.8 Å². The van der Waals surface area contributed by atoms with Crippen LogP contribution in [-0.4, -0.2) is 15.1 Å². The minimum Gasteiger partial charge on any atom is -0.507 e. The number of phenols is 1. The van der Waals surface area contributed by atoms with Gasteiger partial charge < -0.3 is 10.1 Å². The molecule has 0 fully saturated rings. The molecule has 0 saturated carbocycles. The minimum absolute atomic E-state index is 0.137. The van der Waals surface area contributed by atoms with Gasteiger partial charge in [0.2, 0.25) is 0 Å². The first-order chi connectivity index (χ1) is 9.56. The van der Waals surface area contributed by atoms with Crippen molar-refractivity contribution in [3.63, 3.8) is 0 Å². The Bertz CT molecular complexity index is 875. The van der Waals surface area contributed by atoms with Crippen molar-refractivity contribution in [2.75, 3.05) is 0 Å². The molecule has 6 heteroatoms. The quantitative estimate of drug-likeness (QED) is 0.658. The van der Waals surface area contributed by atoms with Crippen LogP contribution >= 0.6 is 31.9 Å². The summed E-state index contributed by atoms with van der Waals surface area (Å²) in [6.45, 7) is 0. The molecule has 0 amide bonds. The number of halogens is 2. The smallest absolute Gasteiger partial charge is 0.259 e. The van der Waals surface area contributed by atoms with Crippen molar-refractivity contribution in [2.24, 2.45) is 0 Å². The molecule has 0 aliphatic carbocycles. The fourth-order valence-corrected chi connectivity index (χ4v) is 2.75. The number of nitrogens with one attached hydrogen (secondary N) is 1. The first kappa shape index (κ1) is 13.3. The molecule has 2 aromatic carbocycles. The van der Waals surface area contributed by atoms with Crippen LogP contribution in [0.2, 0.25) is 0 Å². The molecule has 20 heavy (non-hydrogen) atoms. The molecule has 0 radical (unpaired) electrons. The Kier molecular flexibility index (Phi) is 3.35. The van der Waals surface area contributed by atoms with E-state index in [2.05, 4.69) is 41.8 Å². The predicted octanol–water partition coefficient (Wildman–Crippen LogP) is 3.82. The molecule has 0 bridgehead atoms. The molecule has 0 aliphatic heterocycles. The molecule has 100 valence electrons. The van der Waals surface area contributed by atoms with E-state index in [9.17, 15) is 9.90 Å². The number of H-pyrrole nitrogens is 1. The van der Waals surface area contributed by atoms with Gasteiger partial charge in [0.05, 0.1) is 15.4 Å². The molecule has 4 nitrogen and oxygen atoms in total. The lowest BCUT2D eigenvalue weighted by Gasteiger charge is -2.05. The Balaban J connectivity index is 2.29. The minimum atomic E-state index is -0.199. The Morgan fingerprint density at radius 1 is 1.10 bits per heavy atom. The van der Waals surface area contributed by atoms with E-state index in [1.165, 1.54) is 0 Å². The number of nitrogens with zero attached hydrogens (tertiary/aromatic N) is 1. The predicted molar refractivity (Wildman–Crippen MR) is 84.9 cm³/mol. The van der Waals surface area contributed by atoms with Gasteiger partial charge in [-0.2, -0.15) is 0 Å². The third-order valence-corrected chi connectivity index (χ3v) is 4.18. The molecule has 2 N–H and O–H groups in total. The first-order valence-electron chi connectivity index (χ1n) is 5.73. The van der Waals surface area contributed by atoms with Crippen molar-refractivity contribution < 1.29 is 5.11 Å². The summed E-state index contributed by atoms with van der Waals surface area (Å²) in [6, 6.07) is 10.3. The van der Waals surface area contributed by atoms with E-state index < -0.39 is 0 Å². The molecular formula is C14H8Br2N2O2. The van der Waals surface area contributed by atoms with Gasteiger partial charge in [-0.15, -0.1) is 0 Å². The first-order valence-corrected chi connectivity index (χ1v) is 7.32. The van der Waals surface area contributed by atoms with Gasteiger partial charge in [-0.05, 0) is 62.2 Å². The van der Waals surface area contributed by atoms with Crippen LogP contribution in [0, 0.1) is 0 Å². The topological polar surface area (TPSA) is 66.0 Å². The fraction of sp³-hybridized carbons (Fsp3) is 0. The highest BCUT2D eigenvalue weighted by Crippen LogP contribution is 2.29. The molecule has 3 rings (SSSR count). The number of aromatic nitrogens is 2. The average Bonchev–Trinajstić information content (AvgIpc) is 2.43. The van der Waals surface area contributed by atoms with E-state index in [0.717, 1.165) is 4.47 Å². The van der Waals surface area contributed by atoms with Crippen molar-refractivity contribution in [1.82, 2.24) is 9.97 Å². The third-order valence-electron chi connectivity index (χ3n) is 2.91. The van der Waals surface area contributed by atoms with E-state index in [-0.39, 0.29) is 11.3 Å². The van der Waals surface area contributed by atoms with E-state index in [4.69, 9.17) is 0 Å². The van der Waals surface area contributed by atoms with Gasteiger partial charge in [-0.25, -0.2) is 4.98 Å². The standard InChI is InChI=1S/C14H8Br2N2O2/c15-9-3-1-2-8-12(9)17-13(18-14(8)20)7-4-5-11(19)10(16)6-7/h1-6,19H,(H,17,18,20). The maximum Gasteiger partial charge on any atom is 0.259 e. The SMILES string of the molecule is O=c1[nH]c(-c2ccc(O)c(Br)c2)nc2c(Br)cccc12. The van der Waals surface area contributed by atoms with Crippen molar-refractivity contribution in [3.05, 3.63) is 55.7 Å². The largest absolute Gasteiger partial charge is 0.507 e. The van der Waals surface area contributed by atoms with E-state index in [1.807, 2.05) is 6.07 Å². The van der Waals surface area contributed by atoms with Crippen molar-refractivity contribution in [2.45, 2.75) is 0 Å². The number of aromatic amines is 1. The molecular weight excluding hydrogens is 388 g/mol. The zero-order valence-corrected chi connectivity index (χ0v) is 13.2. The highest BCUT2D eigenvalue weighted by atomic mass is 79.9. The summed E-state index contributed by atoms with van der Waals surface area (Å²) in [4.78, 5) is 19.3. The number of hydrogen-bond acceptors (Lipinski definition) is 3. The number of fused-ring (bicyclic) bond motifs is 1. The maximum absolute atomic E-state index is 12.1. The Labute approximate surface area is 130 Å². The van der Waals surface area contributed by atoms with Crippen LogP contribution in [0.4, 0.5) is 0 Å². The van der Waals surface area contributed by atoms with Gasteiger partial charge in [0.1, 0.15) is 11.6 Å². The van der Waals surface area contributed by atoms with Gasteiger partial charge in [0.15, 0.2) is 0 Å². The van der Waals surface area contributed by atoms with Crippen LogP contribution in [0.3, 0.4) is 0 Å². The fourth-order valence-electron chi connectivity index (χ4n) is 1.92. The normalized spacial score (nSPS) is 10.9. The van der Waals surface area contributed by atoms with Crippen LogP contribution in [0.1, 0.15) is 0 Å². The Morgan fingerprint density at radius 2 is 1.90 bits per heavy atom. The van der Waals surface area contributed by atoms with Crippen molar-refractivity contribution in [1.29, 1.82) is 0 Å². The van der Waals surface area contributed by atoms with Crippen LogP contribution in [0.5, 0.6) is 5.75 Å². The molecule has 0 atom stereocenters. The number of rotatable bonds is 1. The second-order valence-corrected chi connectivity index (χ2v) is 5.93. The number of aromatic hydroxyl groups is 1. The lowest BCUT2D eigenvalue weighted by atomic mass is 10.2. The molecule has 0 saturated heterocycles. The van der Waals surface area contributed by atoms with E-state index >= 15 is 0 Å².